The Labute approximate surface area is 179 Å². The largest absolute Gasteiger partial charge is 0.396 e. The lowest BCUT2D eigenvalue weighted by Gasteiger charge is -2.39. The van der Waals surface area contributed by atoms with Crippen LogP contribution in [0.15, 0.2) is 43.0 Å². The van der Waals surface area contributed by atoms with Gasteiger partial charge in [-0.1, -0.05) is 13.0 Å². The second-order valence-electron chi connectivity index (χ2n) is 7.17. The molecular weight excluding hydrogens is 394 g/mol. The summed E-state index contributed by atoms with van der Waals surface area (Å²) >= 11 is 0. The summed E-state index contributed by atoms with van der Waals surface area (Å²) in [5.41, 5.74) is 9.10. The van der Waals surface area contributed by atoms with Crippen LogP contribution in [0, 0.1) is 0 Å². The smallest absolute Gasteiger partial charge is 0.250 e. The van der Waals surface area contributed by atoms with Crippen molar-refractivity contribution in [2.45, 2.75) is 19.4 Å². The van der Waals surface area contributed by atoms with Crippen LogP contribution in [0.5, 0.6) is 0 Å². The van der Waals surface area contributed by atoms with E-state index in [0.717, 1.165) is 5.69 Å². The summed E-state index contributed by atoms with van der Waals surface area (Å²) < 4.78 is 1.69. The van der Waals surface area contributed by atoms with E-state index >= 15 is 0 Å². The highest BCUT2D eigenvalue weighted by Gasteiger charge is 2.38. The Hall–Kier alpha value is -4.08. The van der Waals surface area contributed by atoms with E-state index in [4.69, 9.17) is 16.1 Å². The highest BCUT2D eigenvalue weighted by Crippen LogP contribution is 2.39. The lowest BCUT2D eigenvalue weighted by Crippen LogP contribution is -2.50. The van der Waals surface area contributed by atoms with E-state index in [1.54, 1.807) is 41.3 Å². The van der Waals surface area contributed by atoms with E-state index in [2.05, 4.69) is 15.1 Å². The van der Waals surface area contributed by atoms with Crippen molar-refractivity contribution in [3.63, 3.8) is 0 Å². The van der Waals surface area contributed by atoms with Crippen LogP contribution in [-0.4, -0.2) is 49.9 Å². The number of rotatable bonds is 5. The predicted molar refractivity (Wildman–Crippen MR) is 118 cm³/mol. The van der Waals surface area contributed by atoms with E-state index in [9.17, 15) is 4.79 Å². The molecule has 10 heteroatoms. The number of carbonyl (C=O) groups is 1. The Bertz CT molecular complexity index is 1170. The molecule has 0 aromatic carbocycles. The molecule has 0 fully saturated rings. The normalized spacial score (nSPS) is 16.7. The van der Waals surface area contributed by atoms with Crippen molar-refractivity contribution in [1.82, 2.24) is 24.7 Å². The minimum Gasteiger partial charge on any atom is -0.396 e. The monoisotopic (exact) mass is 418 g/mol. The van der Waals surface area contributed by atoms with E-state index in [-0.39, 0.29) is 5.91 Å². The zero-order valence-corrected chi connectivity index (χ0v) is 17.6. The summed E-state index contributed by atoms with van der Waals surface area (Å²) in [5.74, 6) is 0.889. The standard InChI is InChI=1S/C21H23N9O/c1-4-16-21(31)29(3)17-11-25-19(14(9-22)18(23)15-7-5-6-8-24-15)27-20(17)30(16)13-10-26-28(2)12-13/h5-12,16,22H,4,23H2,1-3H3/p+1/b18-14+,22-9?. The van der Waals surface area contributed by atoms with Crippen LogP contribution in [0.25, 0.3) is 11.3 Å². The molecular formula is C21H24N9O+. The Balaban J connectivity index is 1.91. The van der Waals surface area contributed by atoms with Crippen LogP contribution in [0.2, 0.25) is 0 Å². The predicted octanol–water partition coefficient (Wildman–Crippen LogP) is 0.155. The van der Waals surface area contributed by atoms with Crippen molar-refractivity contribution < 1.29 is 10.2 Å². The van der Waals surface area contributed by atoms with E-state index < -0.39 is 6.04 Å². The molecule has 4 N–H and O–H groups in total. The number of aryl methyl sites for hydroxylation is 1. The zero-order valence-electron chi connectivity index (χ0n) is 17.6. The van der Waals surface area contributed by atoms with Gasteiger partial charge in [0.2, 0.25) is 5.91 Å². The number of anilines is 3. The Morgan fingerprint density at radius 3 is 2.68 bits per heavy atom. The van der Waals surface area contributed by atoms with Crippen LogP contribution in [0.1, 0.15) is 24.9 Å². The minimum atomic E-state index is -0.424. The van der Waals surface area contributed by atoms with Gasteiger partial charge in [0, 0.05) is 26.5 Å². The quantitative estimate of drug-likeness (QED) is 0.564. The number of nitrogens with zero attached hydrogens (tertiary/aromatic N) is 7. The molecule has 1 atom stereocenters. The summed E-state index contributed by atoms with van der Waals surface area (Å²) in [5, 5.41) is 10.2. The Kier molecular flexibility index (Phi) is 5.20. The van der Waals surface area contributed by atoms with Crippen LogP contribution >= 0.6 is 0 Å². The highest BCUT2D eigenvalue weighted by atomic mass is 16.2. The van der Waals surface area contributed by atoms with E-state index in [1.807, 2.05) is 37.2 Å². The number of nitrogens with two attached hydrogens (primary N) is 2. The fourth-order valence-electron chi connectivity index (χ4n) is 3.65. The van der Waals surface area contributed by atoms with Gasteiger partial charge in [-0.3, -0.25) is 19.9 Å². The Morgan fingerprint density at radius 2 is 2.06 bits per heavy atom. The molecule has 1 aliphatic heterocycles. The molecule has 0 saturated heterocycles. The van der Waals surface area contributed by atoms with Crippen molar-refractivity contribution >= 4 is 40.6 Å². The highest BCUT2D eigenvalue weighted by molar-refractivity contribution is 6.15. The first kappa shape index (κ1) is 20.2. The molecule has 0 bridgehead atoms. The molecule has 4 heterocycles. The topological polar surface area (TPSA) is 132 Å². The van der Waals surface area contributed by atoms with Gasteiger partial charge >= 0.3 is 0 Å². The average Bonchev–Trinajstić information content (AvgIpc) is 3.22. The lowest BCUT2D eigenvalue weighted by atomic mass is 10.1. The van der Waals surface area contributed by atoms with Crippen LogP contribution < -0.4 is 20.9 Å². The maximum Gasteiger partial charge on any atom is 0.250 e. The third kappa shape index (κ3) is 3.41. The lowest BCUT2D eigenvalue weighted by molar-refractivity contribution is -0.119. The number of likely N-dealkylation sites (N-methyl/N-ethyl adjacent to an activating group) is 1. The molecule has 1 amide bonds. The molecule has 31 heavy (non-hydrogen) atoms. The number of hydrogen-bond donors (Lipinski definition) is 2. The molecule has 0 aliphatic carbocycles. The summed E-state index contributed by atoms with van der Waals surface area (Å²) in [6.07, 6.45) is 8.79. The van der Waals surface area contributed by atoms with Gasteiger partial charge in [-0.05, 0) is 18.6 Å². The first-order chi connectivity index (χ1) is 15.0. The summed E-state index contributed by atoms with van der Waals surface area (Å²) in [6.45, 7) is 1.96. The third-order valence-electron chi connectivity index (χ3n) is 5.26. The zero-order chi connectivity index (χ0) is 22.1. The molecule has 4 rings (SSSR count). The average molecular weight is 418 g/mol. The molecule has 0 saturated carbocycles. The van der Waals surface area contributed by atoms with Crippen molar-refractivity contribution in [2.24, 2.45) is 12.8 Å². The summed E-state index contributed by atoms with van der Waals surface area (Å²) in [6, 6.07) is 5.01. The van der Waals surface area contributed by atoms with Crippen LogP contribution in [0.3, 0.4) is 0 Å². The van der Waals surface area contributed by atoms with Gasteiger partial charge in [-0.25, -0.2) is 9.97 Å². The fourth-order valence-corrected chi connectivity index (χ4v) is 3.65. The summed E-state index contributed by atoms with van der Waals surface area (Å²) in [7, 11) is 3.55. The molecule has 3 aromatic heterocycles. The minimum absolute atomic E-state index is 0.0376. The van der Waals surface area contributed by atoms with Gasteiger partial charge in [0.25, 0.3) is 0 Å². The van der Waals surface area contributed by atoms with Crippen molar-refractivity contribution in [3.8, 4) is 0 Å². The maximum atomic E-state index is 13.0. The van der Waals surface area contributed by atoms with Crippen molar-refractivity contribution in [3.05, 3.63) is 54.5 Å². The third-order valence-corrected chi connectivity index (χ3v) is 5.26. The van der Waals surface area contributed by atoms with Gasteiger partial charge in [0.1, 0.15) is 17.3 Å². The van der Waals surface area contributed by atoms with Gasteiger partial charge in [-0.15, -0.1) is 0 Å². The molecule has 1 aliphatic rings. The van der Waals surface area contributed by atoms with Crippen LogP contribution in [-0.2, 0) is 11.8 Å². The SMILES string of the molecule is CCC1C(=O)N(C)c2cnc(/C(C=[NH2+])=C(/N)c3ccccn3)nc2N1c1cnn(C)c1. The molecule has 10 nitrogen and oxygen atoms in total. The maximum absolute atomic E-state index is 13.0. The van der Waals surface area contributed by atoms with Gasteiger partial charge in [0.05, 0.1) is 29.5 Å². The molecule has 0 spiro atoms. The number of fused-ring (bicyclic) bond motifs is 1. The molecule has 158 valence electrons. The molecule has 0 radical (unpaired) electrons. The number of amides is 1. The van der Waals surface area contributed by atoms with Gasteiger partial charge in [-0.2, -0.15) is 5.10 Å². The second kappa shape index (κ2) is 7.98. The van der Waals surface area contributed by atoms with Crippen LogP contribution in [0.4, 0.5) is 17.2 Å². The van der Waals surface area contributed by atoms with E-state index in [0.29, 0.717) is 40.7 Å². The Morgan fingerprint density at radius 1 is 1.26 bits per heavy atom. The fraction of sp³-hybridized carbons (Fsp3) is 0.238. The van der Waals surface area contributed by atoms with Crippen molar-refractivity contribution in [1.29, 1.82) is 0 Å². The van der Waals surface area contributed by atoms with Crippen molar-refractivity contribution in [2.75, 3.05) is 16.8 Å². The first-order valence-corrected chi connectivity index (χ1v) is 9.85. The first-order valence-electron chi connectivity index (χ1n) is 9.85. The van der Waals surface area contributed by atoms with E-state index in [1.165, 1.54) is 6.21 Å². The number of pyridine rings is 1. The van der Waals surface area contributed by atoms with Gasteiger partial charge in [0.15, 0.2) is 17.9 Å². The summed E-state index contributed by atoms with van der Waals surface area (Å²) in [4.78, 5) is 30.0. The number of hydrogen-bond acceptors (Lipinski definition) is 7. The molecule has 3 aromatic rings. The van der Waals surface area contributed by atoms with Gasteiger partial charge < -0.3 is 15.5 Å². The number of carbonyl (C=O) groups excluding carboxylic acids is 1. The number of allylic oxidation sites excluding steroid dienone is 1. The molecule has 1 unspecified atom stereocenters. The number of aromatic nitrogens is 5. The second-order valence-corrected chi connectivity index (χ2v) is 7.17.